The smallest absolute Gasteiger partial charge is 0.227 e. The van der Waals surface area contributed by atoms with Gasteiger partial charge in [-0.25, -0.2) is 0 Å². The first-order chi connectivity index (χ1) is 8.70. The summed E-state index contributed by atoms with van der Waals surface area (Å²) in [5, 5.41) is 12.4. The summed E-state index contributed by atoms with van der Waals surface area (Å²) in [7, 11) is 0. The summed E-state index contributed by atoms with van der Waals surface area (Å²) < 4.78 is 0. The number of nitrogens with one attached hydrogen (secondary N) is 1. The molecule has 1 amide bonds. The Balaban J connectivity index is 2.41. The van der Waals surface area contributed by atoms with Gasteiger partial charge >= 0.3 is 0 Å². The minimum Gasteiger partial charge on any atom is -0.395 e. The SMILES string of the molecule is CCCCCCN(CCO)C(=O)C1CNCC1C. The average Bonchev–Trinajstić information content (AvgIpc) is 2.78. The second kappa shape index (κ2) is 8.48. The predicted molar refractivity (Wildman–Crippen MR) is 73.3 cm³/mol. The molecule has 1 heterocycles. The first-order valence-corrected chi connectivity index (χ1v) is 7.31. The van der Waals surface area contributed by atoms with Gasteiger partial charge in [0.05, 0.1) is 12.5 Å². The molecule has 0 aromatic carbocycles. The molecule has 2 N–H and O–H groups in total. The molecule has 0 aromatic rings. The van der Waals surface area contributed by atoms with Crippen LogP contribution in [0.3, 0.4) is 0 Å². The lowest BCUT2D eigenvalue weighted by Crippen LogP contribution is -2.41. The minimum atomic E-state index is 0.0635. The molecule has 1 fully saturated rings. The van der Waals surface area contributed by atoms with E-state index < -0.39 is 0 Å². The minimum absolute atomic E-state index is 0.0635. The van der Waals surface area contributed by atoms with Crippen molar-refractivity contribution < 1.29 is 9.90 Å². The van der Waals surface area contributed by atoms with Crippen LogP contribution in [0.25, 0.3) is 0 Å². The highest BCUT2D eigenvalue weighted by Gasteiger charge is 2.32. The fraction of sp³-hybridized carbons (Fsp3) is 0.929. The molecule has 1 aliphatic rings. The van der Waals surface area contributed by atoms with E-state index in [1.165, 1.54) is 19.3 Å². The zero-order chi connectivity index (χ0) is 13.4. The van der Waals surface area contributed by atoms with E-state index in [4.69, 9.17) is 5.11 Å². The van der Waals surface area contributed by atoms with Crippen LogP contribution in [0.2, 0.25) is 0 Å². The number of nitrogens with zero attached hydrogens (tertiary/aromatic N) is 1. The van der Waals surface area contributed by atoms with E-state index in [2.05, 4.69) is 19.2 Å². The fourth-order valence-electron chi connectivity index (χ4n) is 2.56. The van der Waals surface area contributed by atoms with Crippen LogP contribution in [0.5, 0.6) is 0 Å². The summed E-state index contributed by atoms with van der Waals surface area (Å²) in [6, 6.07) is 0. The Hall–Kier alpha value is -0.610. The number of aliphatic hydroxyl groups is 1. The normalized spacial score (nSPS) is 23.3. The topological polar surface area (TPSA) is 52.6 Å². The Morgan fingerprint density at radius 1 is 1.28 bits per heavy atom. The van der Waals surface area contributed by atoms with Crippen molar-refractivity contribution in [3.63, 3.8) is 0 Å². The molecule has 0 saturated carbocycles. The summed E-state index contributed by atoms with van der Waals surface area (Å²) >= 11 is 0. The van der Waals surface area contributed by atoms with Crippen molar-refractivity contribution >= 4 is 5.91 Å². The molecule has 0 radical (unpaired) electrons. The van der Waals surface area contributed by atoms with E-state index in [1.54, 1.807) is 0 Å². The number of carbonyl (C=O) groups excluding carboxylic acids is 1. The zero-order valence-corrected chi connectivity index (χ0v) is 11.8. The highest BCUT2D eigenvalue weighted by atomic mass is 16.3. The lowest BCUT2D eigenvalue weighted by molar-refractivity contribution is -0.136. The highest BCUT2D eigenvalue weighted by molar-refractivity contribution is 5.79. The van der Waals surface area contributed by atoms with Crippen molar-refractivity contribution in [2.45, 2.75) is 39.5 Å². The van der Waals surface area contributed by atoms with E-state index in [1.807, 2.05) is 4.90 Å². The summed E-state index contributed by atoms with van der Waals surface area (Å²) in [6.07, 6.45) is 4.65. The number of hydrogen-bond donors (Lipinski definition) is 2. The van der Waals surface area contributed by atoms with E-state index in [-0.39, 0.29) is 18.4 Å². The fourth-order valence-corrected chi connectivity index (χ4v) is 2.56. The molecular weight excluding hydrogens is 228 g/mol. The van der Waals surface area contributed by atoms with Crippen molar-refractivity contribution in [3.05, 3.63) is 0 Å². The molecule has 2 unspecified atom stereocenters. The van der Waals surface area contributed by atoms with Crippen LogP contribution in [0.1, 0.15) is 39.5 Å². The van der Waals surface area contributed by atoms with Gasteiger partial charge in [-0.3, -0.25) is 4.79 Å². The standard InChI is InChI=1S/C14H28N2O2/c1-3-4-5-6-7-16(8-9-17)14(18)13-11-15-10-12(13)2/h12-13,15,17H,3-11H2,1-2H3. The van der Waals surface area contributed by atoms with Gasteiger partial charge in [0, 0.05) is 19.6 Å². The summed E-state index contributed by atoms with van der Waals surface area (Å²) in [6.45, 7) is 7.36. The number of rotatable bonds is 8. The lowest BCUT2D eigenvalue weighted by atomic mass is 9.96. The Morgan fingerprint density at radius 2 is 2.06 bits per heavy atom. The summed E-state index contributed by atoms with van der Waals surface area (Å²) in [5.41, 5.74) is 0. The van der Waals surface area contributed by atoms with Crippen LogP contribution >= 0.6 is 0 Å². The van der Waals surface area contributed by atoms with Crippen molar-refractivity contribution in [1.29, 1.82) is 0 Å². The maximum absolute atomic E-state index is 12.4. The van der Waals surface area contributed by atoms with E-state index in [9.17, 15) is 4.79 Å². The number of hydrogen-bond acceptors (Lipinski definition) is 3. The molecular formula is C14H28N2O2. The molecule has 1 rings (SSSR count). The lowest BCUT2D eigenvalue weighted by Gasteiger charge is -2.26. The van der Waals surface area contributed by atoms with Gasteiger partial charge < -0.3 is 15.3 Å². The van der Waals surface area contributed by atoms with Crippen molar-refractivity contribution in [3.8, 4) is 0 Å². The molecule has 2 atom stereocenters. The van der Waals surface area contributed by atoms with Crippen LogP contribution in [-0.4, -0.2) is 48.7 Å². The van der Waals surface area contributed by atoms with Gasteiger partial charge in [0.1, 0.15) is 0 Å². The van der Waals surface area contributed by atoms with Crippen LogP contribution in [0.15, 0.2) is 0 Å². The molecule has 0 spiro atoms. The first-order valence-electron chi connectivity index (χ1n) is 7.31. The first kappa shape index (κ1) is 15.4. The Bertz CT molecular complexity index is 246. The second-order valence-corrected chi connectivity index (χ2v) is 5.35. The van der Waals surface area contributed by atoms with Gasteiger partial charge in [0.25, 0.3) is 0 Å². The molecule has 0 aliphatic carbocycles. The molecule has 1 saturated heterocycles. The molecule has 1 aliphatic heterocycles. The van der Waals surface area contributed by atoms with Crippen LogP contribution in [0, 0.1) is 11.8 Å². The van der Waals surface area contributed by atoms with Crippen molar-refractivity contribution in [2.75, 3.05) is 32.8 Å². The Kier molecular flexibility index (Phi) is 7.28. The highest BCUT2D eigenvalue weighted by Crippen LogP contribution is 2.19. The molecule has 4 nitrogen and oxygen atoms in total. The van der Waals surface area contributed by atoms with Gasteiger partial charge in [0.15, 0.2) is 0 Å². The van der Waals surface area contributed by atoms with Crippen molar-refractivity contribution in [1.82, 2.24) is 10.2 Å². The van der Waals surface area contributed by atoms with Crippen LogP contribution < -0.4 is 5.32 Å². The van der Waals surface area contributed by atoms with E-state index in [0.717, 1.165) is 26.1 Å². The van der Waals surface area contributed by atoms with Gasteiger partial charge in [-0.2, -0.15) is 0 Å². The third-order valence-corrected chi connectivity index (χ3v) is 3.80. The zero-order valence-electron chi connectivity index (χ0n) is 11.8. The maximum atomic E-state index is 12.4. The molecule has 0 aromatic heterocycles. The third-order valence-electron chi connectivity index (χ3n) is 3.80. The third kappa shape index (κ3) is 4.58. The van der Waals surface area contributed by atoms with Gasteiger partial charge in [-0.05, 0) is 18.9 Å². The van der Waals surface area contributed by atoms with Crippen LogP contribution in [0.4, 0.5) is 0 Å². The number of unbranched alkanes of at least 4 members (excludes halogenated alkanes) is 3. The van der Waals surface area contributed by atoms with E-state index in [0.29, 0.717) is 12.5 Å². The summed E-state index contributed by atoms with van der Waals surface area (Å²) in [4.78, 5) is 14.2. The quantitative estimate of drug-likeness (QED) is 0.643. The largest absolute Gasteiger partial charge is 0.395 e. The number of carbonyl (C=O) groups is 1. The number of aliphatic hydroxyl groups excluding tert-OH is 1. The Morgan fingerprint density at radius 3 is 2.61 bits per heavy atom. The molecule has 0 bridgehead atoms. The van der Waals surface area contributed by atoms with Gasteiger partial charge in [-0.1, -0.05) is 33.1 Å². The van der Waals surface area contributed by atoms with Gasteiger partial charge in [-0.15, -0.1) is 0 Å². The second-order valence-electron chi connectivity index (χ2n) is 5.35. The monoisotopic (exact) mass is 256 g/mol. The van der Waals surface area contributed by atoms with Crippen molar-refractivity contribution in [2.24, 2.45) is 11.8 Å². The predicted octanol–water partition coefficient (Wildman–Crippen LogP) is 1.24. The van der Waals surface area contributed by atoms with Crippen LogP contribution in [-0.2, 0) is 4.79 Å². The van der Waals surface area contributed by atoms with Gasteiger partial charge in [0.2, 0.25) is 5.91 Å². The molecule has 18 heavy (non-hydrogen) atoms. The molecule has 106 valence electrons. The average molecular weight is 256 g/mol. The molecule has 4 heteroatoms. The Labute approximate surface area is 111 Å². The number of amides is 1. The maximum Gasteiger partial charge on any atom is 0.227 e. The summed E-state index contributed by atoms with van der Waals surface area (Å²) in [5.74, 6) is 0.732. The van der Waals surface area contributed by atoms with E-state index >= 15 is 0 Å².